The first kappa shape index (κ1) is 31.4. The number of likely N-dealkylation sites (tertiary alicyclic amines) is 1. The molecule has 228 valence electrons. The summed E-state index contributed by atoms with van der Waals surface area (Å²) in [4.78, 5) is 57.3. The van der Waals surface area contributed by atoms with Crippen LogP contribution in [0, 0.1) is 25.7 Å². The maximum absolute atomic E-state index is 14.6. The van der Waals surface area contributed by atoms with Gasteiger partial charge in [-0.2, -0.15) is 0 Å². The molecule has 3 aliphatic heterocycles. The second kappa shape index (κ2) is 12.8. The van der Waals surface area contributed by atoms with Gasteiger partial charge in [-0.15, -0.1) is 13.2 Å². The molecule has 3 aliphatic rings. The fraction of sp³-hybridized carbons (Fsp3) is 0.562. The van der Waals surface area contributed by atoms with Gasteiger partial charge in [0.1, 0.15) is 17.7 Å². The van der Waals surface area contributed by atoms with Crippen molar-refractivity contribution in [1.82, 2.24) is 10.2 Å². The van der Waals surface area contributed by atoms with Crippen molar-refractivity contribution in [3.8, 4) is 0 Å². The molecule has 1 spiro atoms. The van der Waals surface area contributed by atoms with Gasteiger partial charge in [0.25, 0.3) is 5.91 Å². The molecule has 10 nitrogen and oxygen atoms in total. The number of aryl methyl sites for hydroxylation is 2. The number of rotatable bonds is 13. The van der Waals surface area contributed by atoms with Crippen molar-refractivity contribution in [2.24, 2.45) is 11.8 Å². The number of nitrogens with zero attached hydrogens (tertiary/aromatic N) is 2. The Morgan fingerprint density at radius 1 is 1.24 bits per heavy atom. The summed E-state index contributed by atoms with van der Waals surface area (Å²) in [6.07, 6.45) is 3.84. The van der Waals surface area contributed by atoms with Gasteiger partial charge < -0.3 is 29.7 Å². The van der Waals surface area contributed by atoms with Gasteiger partial charge in [0, 0.05) is 18.7 Å². The molecule has 0 unspecified atom stereocenters. The summed E-state index contributed by atoms with van der Waals surface area (Å²) in [6, 6.07) is 4.05. The number of allylic oxidation sites excluding steroid dienone is 1. The number of amides is 3. The summed E-state index contributed by atoms with van der Waals surface area (Å²) in [7, 11) is 0. The highest BCUT2D eigenvalue weighted by Gasteiger charge is 2.75. The summed E-state index contributed by atoms with van der Waals surface area (Å²) in [5, 5.41) is 12.9. The molecule has 0 aromatic heterocycles. The number of hydrogen-bond donors (Lipinski definition) is 2. The van der Waals surface area contributed by atoms with Crippen LogP contribution in [-0.2, 0) is 28.7 Å². The number of nitrogens with one attached hydrogen (secondary N) is 1. The Balaban J connectivity index is 1.64. The first-order valence-corrected chi connectivity index (χ1v) is 14.7. The molecule has 3 fully saturated rings. The van der Waals surface area contributed by atoms with Gasteiger partial charge in [0.2, 0.25) is 11.8 Å². The minimum atomic E-state index is -1.23. The molecule has 0 saturated carbocycles. The molecule has 4 rings (SSSR count). The molecule has 0 radical (unpaired) electrons. The molecule has 7 atom stereocenters. The quantitative estimate of drug-likeness (QED) is 0.271. The summed E-state index contributed by atoms with van der Waals surface area (Å²) < 4.78 is 12.2. The van der Waals surface area contributed by atoms with E-state index in [-0.39, 0.29) is 31.5 Å². The van der Waals surface area contributed by atoms with E-state index in [0.29, 0.717) is 25.7 Å². The average molecular weight is 582 g/mol. The number of aliphatic hydroxyl groups excluding tert-OH is 1. The van der Waals surface area contributed by atoms with E-state index >= 15 is 0 Å². The van der Waals surface area contributed by atoms with Gasteiger partial charge >= 0.3 is 5.97 Å². The van der Waals surface area contributed by atoms with Crippen molar-refractivity contribution in [1.29, 1.82) is 0 Å². The van der Waals surface area contributed by atoms with Gasteiger partial charge in [-0.25, -0.2) is 0 Å². The Labute approximate surface area is 247 Å². The highest BCUT2D eigenvalue weighted by atomic mass is 16.6. The molecule has 3 amide bonds. The summed E-state index contributed by atoms with van der Waals surface area (Å²) >= 11 is 0. The second-order valence-electron chi connectivity index (χ2n) is 11.7. The third-order valence-corrected chi connectivity index (χ3v) is 8.75. The summed E-state index contributed by atoms with van der Waals surface area (Å²) in [5.41, 5.74) is 1.30. The predicted octanol–water partition coefficient (Wildman–Crippen LogP) is 2.59. The molecule has 3 saturated heterocycles. The monoisotopic (exact) mass is 581 g/mol. The fourth-order valence-corrected chi connectivity index (χ4v) is 6.90. The zero-order valence-electron chi connectivity index (χ0n) is 25.0. The first-order chi connectivity index (χ1) is 20.0. The molecule has 10 heteroatoms. The van der Waals surface area contributed by atoms with Gasteiger partial charge in [-0.3, -0.25) is 19.2 Å². The van der Waals surface area contributed by atoms with Crippen LogP contribution in [0.25, 0.3) is 0 Å². The second-order valence-corrected chi connectivity index (χ2v) is 11.7. The number of carbonyl (C=O) groups is 4. The Morgan fingerprint density at radius 3 is 2.55 bits per heavy atom. The Kier molecular flexibility index (Phi) is 9.57. The van der Waals surface area contributed by atoms with Gasteiger partial charge in [-0.1, -0.05) is 30.4 Å². The Hall–Kier alpha value is -3.50. The lowest BCUT2D eigenvalue weighted by Crippen LogP contribution is -2.58. The molecule has 2 bridgehead atoms. The van der Waals surface area contributed by atoms with Crippen LogP contribution in [0.1, 0.15) is 50.7 Å². The number of esters is 1. The van der Waals surface area contributed by atoms with E-state index in [9.17, 15) is 24.3 Å². The van der Waals surface area contributed by atoms with Gasteiger partial charge in [0.05, 0.1) is 37.1 Å². The van der Waals surface area contributed by atoms with E-state index in [1.807, 2.05) is 32.0 Å². The van der Waals surface area contributed by atoms with Crippen molar-refractivity contribution in [3.05, 3.63) is 54.6 Å². The standard InChI is InChI=1S/C32H43N3O7/c1-7-9-13-24(37)33-17-22(6)41-31(40)25-23-14-15-32(42-23)26(25)29(38)35(21(5)18-36)28(32)30(39)34(16-8-2)27-19(3)11-10-12-20(27)4/h7-8,10-12,21-23,25-26,28,36H,1-2,9,13-18H2,3-6H3,(H,33,37)/t21-,22+,23+,25-,26-,28+,32-/m1/s1. The van der Waals surface area contributed by atoms with Gasteiger partial charge in [0.15, 0.2) is 0 Å². The van der Waals surface area contributed by atoms with E-state index in [0.717, 1.165) is 16.8 Å². The number of benzene rings is 1. The normalized spacial score (nSPS) is 27.3. The molecular weight excluding hydrogens is 538 g/mol. The third-order valence-electron chi connectivity index (χ3n) is 8.75. The molecule has 1 aromatic rings. The van der Waals surface area contributed by atoms with Crippen molar-refractivity contribution < 1.29 is 33.8 Å². The number of fused-ring (bicyclic) bond motifs is 1. The largest absolute Gasteiger partial charge is 0.460 e. The number of para-hydroxylation sites is 1. The van der Waals surface area contributed by atoms with Crippen LogP contribution in [0.5, 0.6) is 0 Å². The summed E-state index contributed by atoms with van der Waals surface area (Å²) in [5.74, 6) is -3.32. The molecule has 2 N–H and O–H groups in total. The highest BCUT2D eigenvalue weighted by molar-refractivity contribution is 6.05. The maximum Gasteiger partial charge on any atom is 0.312 e. The van der Waals surface area contributed by atoms with Crippen LogP contribution < -0.4 is 10.2 Å². The Bertz CT molecular complexity index is 1230. The lowest BCUT2D eigenvalue weighted by Gasteiger charge is -2.39. The topological polar surface area (TPSA) is 125 Å². The van der Waals surface area contributed by atoms with Crippen molar-refractivity contribution >= 4 is 29.4 Å². The van der Waals surface area contributed by atoms with Crippen LogP contribution in [-0.4, -0.2) is 83.3 Å². The summed E-state index contributed by atoms with van der Waals surface area (Å²) in [6.45, 7) is 14.7. The SMILES string of the molecule is C=CCCC(=O)NC[C@H](C)OC(=O)[C@@H]1[C@@H]2CC[C@]3(O2)[C@H](C(=O)N(CC=C)c2c(C)cccc2C)N([C@H](C)CO)C(=O)[C@@H]13. The van der Waals surface area contributed by atoms with E-state index in [2.05, 4.69) is 18.5 Å². The average Bonchev–Trinajstić information content (AvgIpc) is 3.61. The first-order valence-electron chi connectivity index (χ1n) is 14.7. The van der Waals surface area contributed by atoms with Crippen LogP contribution in [0.2, 0.25) is 0 Å². The van der Waals surface area contributed by atoms with Crippen molar-refractivity contribution in [2.45, 2.75) is 83.3 Å². The molecular formula is C32H43N3O7. The number of hydrogen-bond acceptors (Lipinski definition) is 7. The van der Waals surface area contributed by atoms with Crippen LogP contribution in [0.3, 0.4) is 0 Å². The van der Waals surface area contributed by atoms with E-state index < -0.39 is 53.6 Å². The maximum atomic E-state index is 14.6. The van der Waals surface area contributed by atoms with E-state index in [4.69, 9.17) is 9.47 Å². The van der Waals surface area contributed by atoms with Crippen LogP contribution in [0.4, 0.5) is 5.69 Å². The smallest absolute Gasteiger partial charge is 0.312 e. The lowest BCUT2D eigenvalue weighted by molar-refractivity contribution is -0.159. The van der Waals surface area contributed by atoms with E-state index in [1.54, 1.807) is 30.9 Å². The van der Waals surface area contributed by atoms with Crippen LogP contribution >= 0.6 is 0 Å². The molecule has 3 heterocycles. The molecule has 0 aliphatic carbocycles. The zero-order chi connectivity index (χ0) is 30.8. The molecule has 1 aromatic carbocycles. The van der Waals surface area contributed by atoms with E-state index in [1.165, 1.54) is 4.90 Å². The number of aliphatic hydroxyl groups is 1. The predicted molar refractivity (Wildman–Crippen MR) is 157 cm³/mol. The van der Waals surface area contributed by atoms with Crippen molar-refractivity contribution in [2.75, 3.05) is 24.6 Å². The zero-order valence-corrected chi connectivity index (χ0v) is 25.0. The lowest BCUT2D eigenvalue weighted by atomic mass is 9.70. The minimum Gasteiger partial charge on any atom is -0.460 e. The van der Waals surface area contributed by atoms with Crippen molar-refractivity contribution in [3.63, 3.8) is 0 Å². The number of carbonyl (C=O) groups excluding carboxylic acids is 4. The number of ether oxygens (including phenoxy) is 2. The third kappa shape index (κ3) is 5.49. The number of anilines is 1. The molecule has 42 heavy (non-hydrogen) atoms. The Morgan fingerprint density at radius 2 is 1.93 bits per heavy atom. The minimum absolute atomic E-state index is 0.130. The fourth-order valence-electron chi connectivity index (χ4n) is 6.90. The highest BCUT2D eigenvalue weighted by Crippen LogP contribution is 2.59. The van der Waals surface area contributed by atoms with Gasteiger partial charge in [-0.05, 0) is 58.1 Å². The van der Waals surface area contributed by atoms with Crippen LogP contribution in [0.15, 0.2) is 43.5 Å².